The molecule has 0 bridgehead atoms. The molecule has 0 saturated carbocycles. The largest absolute Gasteiger partial charge is 0.358 e. The van der Waals surface area contributed by atoms with Gasteiger partial charge in [0.05, 0.1) is 18.4 Å². The van der Waals surface area contributed by atoms with Crippen LogP contribution in [0.2, 0.25) is 0 Å². The van der Waals surface area contributed by atoms with Crippen molar-refractivity contribution < 1.29 is 14.0 Å². The third-order valence-corrected chi connectivity index (χ3v) is 3.44. The number of carbonyl (C=O) groups is 2. The highest BCUT2D eigenvalue weighted by Crippen LogP contribution is 2.15. The Labute approximate surface area is 139 Å². The number of nitrogens with zero attached hydrogens (tertiary/aromatic N) is 2. The van der Waals surface area contributed by atoms with E-state index in [1.807, 2.05) is 0 Å². The summed E-state index contributed by atoms with van der Waals surface area (Å²) < 4.78 is 15.1. The minimum absolute atomic E-state index is 0.0239. The van der Waals surface area contributed by atoms with Crippen molar-refractivity contribution >= 4 is 17.5 Å². The van der Waals surface area contributed by atoms with Crippen LogP contribution in [0.5, 0.6) is 0 Å². The lowest BCUT2D eigenvalue weighted by molar-refractivity contribution is -0.121. The Bertz CT molecular complexity index is 716. The number of benzene rings is 1. The van der Waals surface area contributed by atoms with Gasteiger partial charge < -0.3 is 16.0 Å². The van der Waals surface area contributed by atoms with E-state index in [0.29, 0.717) is 11.3 Å². The van der Waals surface area contributed by atoms with E-state index < -0.39 is 0 Å². The molecule has 2 aromatic rings. The van der Waals surface area contributed by atoms with Crippen LogP contribution in [-0.4, -0.2) is 35.2 Å². The molecule has 1 heterocycles. The van der Waals surface area contributed by atoms with Gasteiger partial charge in [-0.05, 0) is 13.0 Å². The van der Waals surface area contributed by atoms with E-state index >= 15 is 0 Å². The molecule has 2 rings (SSSR count). The monoisotopic (exact) mass is 333 g/mol. The number of hydrogen-bond acceptors (Lipinski definition) is 4. The lowest BCUT2D eigenvalue weighted by Crippen LogP contribution is -2.30. The zero-order valence-corrected chi connectivity index (χ0v) is 13.5. The van der Waals surface area contributed by atoms with Crippen LogP contribution >= 0.6 is 0 Å². The molecule has 8 heteroatoms. The number of rotatable bonds is 7. The minimum Gasteiger partial charge on any atom is -0.358 e. The lowest BCUT2D eigenvalue weighted by atomic mass is 10.1. The number of anilines is 1. The molecule has 0 aliphatic rings. The molecule has 2 amide bonds. The second-order valence-corrected chi connectivity index (χ2v) is 5.27. The molecule has 0 aliphatic carbocycles. The topological polar surface area (TPSA) is 88.0 Å². The molecular weight excluding hydrogens is 313 g/mol. The van der Waals surface area contributed by atoms with E-state index in [9.17, 15) is 14.0 Å². The summed E-state index contributed by atoms with van der Waals surface area (Å²) in [7, 11) is 1.54. The van der Waals surface area contributed by atoms with E-state index in [1.165, 1.54) is 24.0 Å². The van der Waals surface area contributed by atoms with E-state index in [2.05, 4.69) is 21.0 Å². The van der Waals surface area contributed by atoms with Crippen molar-refractivity contribution in [1.82, 2.24) is 20.4 Å². The normalized spacial score (nSPS) is 11.8. The Hall–Kier alpha value is -2.74. The van der Waals surface area contributed by atoms with Gasteiger partial charge in [-0.15, -0.1) is 0 Å². The van der Waals surface area contributed by atoms with Gasteiger partial charge in [0.1, 0.15) is 12.4 Å². The maximum absolute atomic E-state index is 13.7. The summed E-state index contributed by atoms with van der Waals surface area (Å²) in [5, 5.41) is 12.1. The highest BCUT2D eigenvalue weighted by Gasteiger charge is 2.12. The maximum atomic E-state index is 13.7. The third-order valence-electron chi connectivity index (χ3n) is 3.44. The molecule has 0 aliphatic heterocycles. The summed E-state index contributed by atoms with van der Waals surface area (Å²) in [6.07, 6.45) is 3.02. The van der Waals surface area contributed by atoms with Crippen molar-refractivity contribution in [3.63, 3.8) is 0 Å². The maximum Gasteiger partial charge on any atom is 0.241 e. The first kappa shape index (κ1) is 17.6. The van der Waals surface area contributed by atoms with Gasteiger partial charge in [0.2, 0.25) is 11.8 Å². The van der Waals surface area contributed by atoms with Crippen molar-refractivity contribution in [2.24, 2.45) is 0 Å². The van der Waals surface area contributed by atoms with E-state index in [4.69, 9.17) is 0 Å². The van der Waals surface area contributed by atoms with Crippen LogP contribution < -0.4 is 16.0 Å². The van der Waals surface area contributed by atoms with Crippen molar-refractivity contribution in [2.75, 3.05) is 18.9 Å². The van der Waals surface area contributed by atoms with Crippen molar-refractivity contribution in [2.45, 2.75) is 19.5 Å². The average molecular weight is 333 g/mol. The fourth-order valence-corrected chi connectivity index (χ4v) is 2.13. The molecule has 3 N–H and O–H groups in total. The fraction of sp³-hybridized carbons (Fsp3) is 0.312. The van der Waals surface area contributed by atoms with Crippen LogP contribution in [-0.2, 0) is 16.1 Å². The molecule has 128 valence electrons. The predicted molar refractivity (Wildman–Crippen MR) is 87.7 cm³/mol. The second-order valence-electron chi connectivity index (χ2n) is 5.27. The summed E-state index contributed by atoms with van der Waals surface area (Å²) >= 11 is 0. The van der Waals surface area contributed by atoms with Crippen molar-refractivity contribution in [3.8, 4) is 0 Å². The van der Waals surface area contributed by atoms with Gasteiger partial charge >= 0.3 is 0 Å². The number of halogens is 1. The van der Waals surface area contributed by atoms with Gasteiger partial charge in [0.15, 0.2) is 0 Å². The summed E-state index contributed by atoms with van der Waals surface area (Å²) in [4.78, 5) is 23.2. The van der Waals surface area contributed by atoms with Crippen LogP contribution in [0.4, 0.5) is 10.1 Å². The number of carbonyl (C=O) groups excluding carboxylic acids is 2. The number of likely N-dealkylation sites (N-methyl/N-ethyl adjacent to an activating group) is 1. The van der Waals surface area contributed by atoms with E-state index in [-0.39, 0.29) is 36.8 Å². The molecule has 24 heavy (non-hydrogen) atoms. The number of amides is 2. The zero-order valence-electron chi connectivity index (χ0n) is 13.5. The molecule has 0 spiro atoms. The van der Waals surface area contributed by atoms with Crippen LogP contribution in [0, 0.1) is 5.82 Å². The van der Waals surface area contributed by atoms with Gasteiger partial charge in [0.25, 0.3) is 0 Å². The predicted octanol–water partition coefficient (Wildman–Crippen LogP) is 1.06. The zero-order chi connectivity index (χ0) is 17.5. The Morgan fingerprint density at radius 1 is 1.29 bits per heavy atom. The summed E-state index contributed by atoms with van der Waals surface area (Å²) in [5.74, 6) is -0.776. The quantitative estimate of drug-likeness (QED) is 0.707. The number of hydrogen-bond donors (Lipinski definition) is 3. The standard InChI is InChI=1S/C16H20FN5O2/c1-11(13-5-3-4-6-14(13)17)19-8-15(23)21-12-7-20-22(9-12)10-16(24)18-2/h3-7,9,11,19H,8,10H2,1-2H3,(H,18,24)(H,21,23)/t11-/m1/s1. The van der Waals surface area contributed by atoms with Crippen LogP contribution in [0.1, 0.15) is 18.5 Å². The van der Waals surface area contributed by atoms with Crippen molar-refractivity contribution in [1.29, 1.82) is 0 Å². The van der Waals surface area contributed by atoms with Crippen LogP contribution in [0.15, 0.2) is 36.7 Å². The molecule has 7 nitrogen and oxygen atoms in total. The first-order valence-electron chi connectivity index (χ1n) is 7.50. The molecule has 0 radical (unpaired) electrons. The summed E-state index contributed by atoms with van der Waals surface area (Å²) in [6.45, 7) is 1.89. The molecule has 0 unspecified atom stereocenters. The molecule has 0 saturated heterocycles. The molecule has 1 atom stereocenters. The second kappa shape index (κ2) is 8.21. The smallest absolute Gasteiger partial charge is 0.241 e. The van der Waals surface area contributed by atoms with Crippen LogP contribution in [0.3, 0.4) is 0 Å². The SMILES string of the molecule is CNC(=O)Cn1cc(NC(=O)CN[C@H](C)c2ccccc2F)cn1. The molecular formula is C16H20FN5O2. The summed E-state index contributed by atoms with van der Waals surface area (Å²) in [6, 6.07) is 6.13. The molecule has 0 fully saturated rings. The highest BCUT2D eigenvalue weighted by atomic mass is 19.1. The number of nitrogens with one attached hydrogen (secondary N) is 3. The number of aromatic nitrogens is 2. The van der Waals surface area contributed by atoms with Gasteiger partial charge in [-0.25, -0.2) is 4.39 Å². The van der Waals surface area contributed by atoms with Crippen LogP contribution in [0.25, 0.3) is 0 Å². The first-order chi connectivity index (χ1) is 11.5. The highest BCUT2D eigenvalue weighted by molar-refractivity contribution is 5.92. The minimum atomic E-state index is -0.312. The fourth-order valence-electron chi connectivity index (χ4n) is 2.13. The average Bonchev–Trinajstić information content (AvgIpc) is 2.99. The van der Waals surface area contributed by atoms with Crippen molar-refractivity contribution in [3.05, 3.63) is 48.0 Å². The van der Waals surface area contributed by atoms with Gasteiger partial charge in [-0.3, -0.25) is 14.3 Å². The third kappa shape index (κ3) is 4.88. The summed E-state index contributed by atoms with van der Waals surface area (Å²) in [5.41, 5.74) is 0.993. The molecule has 1 aromatic heterocycles. The molecule has 1 aromatic carbocycles. The Morgan fingerprint density at radius 2 is 2.04 bits per heavy atom. The Morgan fingerprint density at radius 3 is 2.75 bits per heavy atom. The first-order valence-corrected chi connectivity index (χ1v) is 7.50. The van der Waals surface area contributed by atoms with Gasteiger partial charge in [0, 0.05) is 24.8 Å². The Balaban J connectivity index is 1.83. The lowest BCUT2D eigenvalue weighted by Gasteiger charge is -2.14. The van der Waals surface area contributed by atoms with E-state index in [1.54, 1.807) is 31.3 Å². The Kier molecular flexibility index (Phi) is 6.02. The van der Waals surface area contributed by atoms with Gasteiger partial charge in [-0.2, -0.15) is 5.10 Å². The van der Waals surface area contributed by atoms with E-state index in [0.717, 1.165) is 0 Å². The van der Waals surface area contributed by atoms with Gasteiger partial charge in [-0.1, -0.05) is 18.2 Å².